The van der Waals surface area contributed by atoms with Crippen molar-refractivity contribution in [2.75, 3.05) is 19.6 Å². The van der Waals surface area contributed by atoms with Gasteiger partial charge in [0.25, 0.3) is 11.5 Å². The van der Waals surface area contributed by atoms with Crippen LogP contribution in [-0.4, -0.2) is 35.4 Å². The molecule has 0 radical (unpaired) electrons. The highest BCUT2D eigenvalue weighted by molar-refractivity contribution is 5.92. The predicted octanol–water partition coefficient (Wildman–Crippen LogP) is 2.48. The Hall–Kier alpha value is -2.40. The summed E-state index contributed by atoms with van der Waals surface area (Å²) in [6, 6.07) is 8.74. The van der Waals surface area contributed by atoms with Crippen LogP contribution in [0.2, 0.25) is 0 Å². The average molecular weight is 404 g/mol. The summed E-state index contributed by atoms with van der Waals surface area (Å²) in [4.78, 5) is 30.0. The topological polar surface area (TPSA) is 79.2 Å². The van der Waals surface area contributed by atoms with Crippen molar-refractivity contribution in [3.8, 4) is 0 Å². The normalized spacial score (nSPS) is 29.6. The quantitative estimate of drug-likeness (QED) is 0.826. The highest BCUT2D eigenvalue weighted by atomic mass is 16.2. The molecule has 4 aliphatic rings. The van der Waals surface area contributed by atoms with Gasteiger partial charge in [0, 0.05) is 29.6 Å². The molecule has 1 aromatic carbocycles. The van der Waals surface area contributed by atoms with Gasteiger partial charge in [0.1, 0.15) is 5.56 Å². The van der Waals surface area contributed by atoms with E-state index in [2.05, 4.69) is 35.0 Å². The minimum absolute atomic E-state index is 0.0680. The summed E-state index contributed by atoms with van der Waals surface area (Å²) < 4.78 is 0. The van der Waals surface area contributed by atoms with Gasteiger partial charge in [-0.1, -0.05) is 23.8 Å². The number of H-pyrrole nitrogens is 1. The van der Waals surface area contributed by atoms with E-state index in [1.165, 1.54) is 36.1 Å². The molecule has 1 unspecified atom stereocenters. The monoisotopic (exact) mass is 403 g/mol. The molecule has 1 saturated carbocycles. The molecular weight excluding hydrogens is 374 g/mol. The number of fused-ring (bicyclic) bond motifs is 2. The molecule has 0 bridgehead atoms. The predicted molar refractivity (Wildman–Crippen MR) is 116 cm³/mol. The van der Waals surface area contributed by atoms with Crippen LogP contribution in [-0.2, 0) is 24.7 Å². The van der Waals surface area contributed by atoms with Gasteiger partial charge < -0.3 is 15.6 Å². The summed E-state index contributed by atoms with van der Waals surface area (Å²) in [6.07, 6.45) is 6.71. The van der Waals surface area contributed by atoms with Crippen LogP contribution in [0, 0.1) is 18.3 Å². The van der Waals surface area contributed by atoms with Crippen molar-refractivity contribution < 1.29 is 4.79 Å². The Bertz CT molecular complexity index is 1130. The van der Waals surface area contributed by atoms with Gasteiger partial charge in [-0.05, 0) is 80.7 Å². The Morgan fingerprint density at radius 1 is 1.20 bits per heavy atom. The minimum atomic E-state index is -0.641. The van der Waals surface area contributed by atoms with Crippen molar-refractivity contribution in [2.45, 2.75) is 50.9 Å². The number of aryl methyl sites for hydroxylation is 1. The molecule has 1 amide bonds. The van der Waals surface area contributed by atoms with Gasteiger partial charge in [-0.15, -0.1) is 0 Å². The largest absolute Gasteiger partial charge is 0.365 e. The molecule has 2 heterocycles. The van der Waals surface area contributed by atoms with E-state index in [1.54, 1.807) is 6.07 Å². The second-order valence-electron chi connectivity index (χ2n) is 10.4. The van der Waals surface area contributed by atoms with E-state index in [-0.39, 0.29) is 22.0 Å². The third-order valence-electron chi connectivity index (χ3n) is 8.41. The third-order valence-corrected chi connectivity index (χ3v) is 8.41. The van der Waals surface area contributed by atoms with Crippen molar-refractivity contribution >= 4 is 5.91 Å². The lowest BCUT2D eigenvalue weighted by Crippen LogP contribution is -2.60. The van der Waals surface area contributed by atoms with Crippen LogP contribution in [0.3, 0.4) is 0 Å². The molecule has 1 saturated heterocycles. The van der Waals surface area contributed by atoms with Gasteiger partial charge in [-0.2, -0.15) is 0 Å². The van der Waals surface area contributed by atoms with Crippen LogP contribution < -0.4 is 11.3 Å². The summed E-state index contributed by atoms with van der Waals surface area (Å²) in [5.41, 5.74) is 11.8. The van der Waals surface area contributed by atoms with E-state index in [0.29, 0.717) is 0 Å². The lowest BCUT2D eigenvalue weighted by molar-refractivity contribution is 0.00118. The maximum atomic E-state index is 12.5. The Morgan fingerprint density at radius 2 is 2.00 bits per heavy atom. The third kappa shape index (κ3) is 2.51. The zero-order valence-corrected chi connectivity index (χ0v) is 17.6. The molecule has 30 heavy (non-hydrogen) atoms. The molecule has 0 spiro atoms. The zero-order valence-electron chi connectivity index (χ0n) is 17.6. The second-order valence-corrected chi connectivity index (χ2v) is 10.4. The summed E-state index contributed by atoms with van der Waals surface area (Å²) in [5.74, 6) is 0.242. The van der Waals surface area contributed by atoms with Crippen LogP contribution in [0.25, 0.3) is 0 Å². The number of hydrogen-bond donors (Lipinski definition) is 2. The molecule has 6 rings (SSSR count). The summed E-state index contributed by atoms with van der Waals surface area (Å²) in [5, 5.41) is 0. The Morgan fingerprint density at radius 3 is 2.77 bits per heavy atom. The first-order chi connectivity index (χ1) is 14.4. The van der Waals surface area contributed by atoms with Gasteiger partial charge in [0.15, 0.2) is 0 Å². The molecule has 2 fully saturated rings. The van der Waals surface area contributed by atoms with Crippen LogP contribution in [0.15, 0.2) is 29.1 Å². The number of nitrogens with zero attached hydrogens (tertiary/aromatic N) is 1. The molecule has 1 aromatic heterocycles. The lowest BCUT2D eigenvalue weighted by Gasteiger charge is -2.56. The van der Waals surface area contributed by atoms with Gasteiger partial charge in [0.2, 0.25) is 0 Å². The Balaban J connectivity index is 1.50. The van der Waals surface area contributed by atoms with Crippen molar-refractivity contribution in [3.63, 3.8) is 0 Å². The summed E-state index contributed by atoms with van der Waals surface area (Å²) >= 11 is 0. The van der Waals surface area contributed by atoms with E-state index in [9.17, 15) is 9.59 Å². The number of carbonyl (C=O) groups is 1. The first kappa shape index (κ1) is 18.4. The van der Waals surface area contributed by atoms with E-state index in [1.807, 2.05) is 0 Å². The van der Waals surface area contributed by atoms with Crippen molar-refractivity contribution in [1.82, 2.24) is 9.88 Å². The van der Waals surface area contributed by atoms with Crippen LogP contribution >= 0.6 is 0 Å². The van der Waals surface area contributed by atoms with E-state index < -0.39 is 5.91 Å². The maximum Gasteiger partial charge on any atom is 0.261 e. The van der Waals surface area contributed by atoms with Crippen molar-refractivity contribution in [1.29, 1.82) is 0 Å². The molecule has 2 atom stereocenters. The zero-order chi connectivity index (χ0) is 20.7. The number of aromatic nitrogens is 1. The Kier molecular flexibility index (Phi) is 3.72. The van der Waals surface area contributed by atoms with E-state index in [4.69, 9.17) is 5.73 Å². The molecular formula is C25H29N3O2. The fraction of sp³-hybridized carbons (Fsp3) is 0.520. The molecule has 1 aliphatic heterocycles. The van der Waals surface area contributed by atoms with Crippen molar-refractivity contribution in [2.24, 2.45) is 17.1 Å². The van der Waals surface area contributed by atoms with Crippen LogP contribution in [0.1, 0.15) is 57.6 Å². The average Bonchev–Trinajstić information content (AvgIpc) is 3.46. The number of pyridine rings is 1. The number of nitrogens with one attached hydrogen (secondary N) is 1. The first-order valence-electron chi connectivity index (χ1n) is 11.3. The number of benzene rings is 1. The molecule has 3 aliphatic carbocycles. The number of rotatable bonds is 3. The van der Waals surface area contributed by atoms with E-state index >= 15 is 0 Å². The fourth-order valence-electron chi connectivity index (χ4n) is 6.83. The van der Waals surface area contributed by atoms with Crippen LogP contribution in [0.4, 0.5) is 0 Å². The first-order valence-corrected chi connectivity index (χ1v) is 11.3. The molecule has 5 heteroatoms. The number of primary amides is 1. The number of carbonyl (C=O) groups excluding carboxylic acids is 1. The maximum absolute atomic E-state index is 12.5. The molecule has 5 nitrogen and oxygen atoms in total. The summed E-state index contributed by atoms with van der Waals surface area (Å²) in [6.45, 7) is 5.63. The molecule has 2 aromatic rings. The Labute approximate surface area is 176 Å². The summed E-state index contributed by atoms with van der Waals surface area (Å²) in [7, 11) is 0. The SMILES string of the molecule is Cc1ccc2c(c1)[C@]13CCN(CC4CC4)CC1(C2)Cc1cc(C(N)=O)c(=O)[nH]c1C3. The smallest absolute Gasteiger partial charge is 0.261 e. The fourth-order valence-corrected chi connectivity index (χ4v) is 6.83. The molecule has 3 N–H and O–H groups in total. The van der Waals surface area contributed by atoms with Gasteiger partial charge >= 0.3 is 0 Å². The van der Waals surface area contributed by atoms with Crippen molar-refractivity contribution in [3.05, 3.63) is 68.1 Å². The number of nitrogens with two attached hydrogens (primary N) is 1. The number of aromatic amines is 1. The van der Waals surface area contributed by atoms with Gasteiger partial charge in [-0.25, -0.2) is 0 Å². The molecule has 156 valence electrons. The van der Waals surface area contributed by atoms with Gasteiger partial charge in [0.05, 0.1) is 0 Å². The lowest BCUT2D eigenvalue weighted by atomic mass is 9.52. The standard InChI is InChI=1S/C25H29N3O2/c1-15-2-5-17-10-24-11-18-9-19(22(26)29)23(30)27-21(18)12-25(24,20(17)8-15)6-7-28(14-24)13-16-3-4-16/h2,5,8-9,16H,3-4,6-7,10-14H2,1H3,(H2,26,29)(H,27,30)/t24?,25-/m1/s1. The number of amides is 1. The van der Waals surface area contributed by atoms with Crippen LogP contribution in [0.5, 0.6) is 0 Å². The minimum Gasteiger partial charge on any atom is -0.365 e. The van der Waals surface area contributed by atoms with Gasteiger partial charge in [-0.3, -0.25) is 9.59 Å². The number of hydrogen-bond acceptors (Lipinski definition) is 3. The number of likely N-dealkylation sites (tertiary alicyclic amines) is 1. The second kappa shape index (κ2) is 6.07. The van der Waals surface area contributed by atoms with E-state index in [0.717, 1.165) is 55.9 Å². The highest BCUT2D eigenvalue weighted by Crippen LogP contribution is 2.61. The number of piperidine rings is 1. The highest BCUT2D eigenvalue weighted by Gasteiger charge is 2.61.